The lowest BCUT2D eigenvalue weighted by Gasteiger charge is -2.28. The van der Waals surface area contributed by atoms with Crippen LogP contribution in [-0.4, -0.2) is 48.4 Å². The first-order valence-electron chi connectivity index (χ1n) is 11.0. The number of hydrogen-bond acceptors (Lipinski definition) is 4. The van der Waals surface area contributed by atoms with Gasteiger partial charge in [0.2, 0.25) is 5.91 Å². The van der Waals surface area contributed by atoms with Crippen LogP contribution in [0.5, 0.6) is 0 Å². The maximum absolute atomic E-state index is 13.6. The number of aryl methyl sites for hydroxylation is 1. The van der Waals surface area contributed by atoms with Gasteiger partial charge in [0.1, 0.15) is 6.54 Å². The number of ether oxygens (including phenoxy) is 1. The molecule has 180 valence electrons. The van der Waals surface area contributed by atoms with Crippen LogP contribution in [0.25, 0.3) is 0 Å². The molecule has 34 heavy (non-hydrogen) atoms. The van der Waals surface area contributed by atoms with Crippen LogP contribution in [-0.2, 0) is 22.6 Å². The van der Waals surface area contributed by atoms with Crippen molar-refractivity contribution in [3.8, 4) is 0 Å². The molecule has 3 aromatic rings. The summed E-state index contributed by atoms with van der Waals surface area (Å²) in [6, 6.07) is 16.6. The Bertz CT molecular complexity index is 1080. The molecule has 0 saturated carbocycles. The van der Waals surface area contributed by atoms with Crippen LogP contribution in [0.4, 0.5) is 0 Å². The SMILES string of the molecule is COCCCN(CC(=O)N(Cc1ccccc1)Cc1sccc1C)C(=O)c1cc(Cl)cc(Cl)c1. The van der Waals surface area contributed by atoms with Crippen molar-refractivity contribution in [3.05, 3.63) is 91.6 Å². The van der Waals surface area contributed by atoms with E-state index in [9.17, 15) is 9.59 Å². The Morgan fingerprint density at radius 2 is 1.68 bits per heavy atom. The molecule has 1 heterocycles. The van der Waals surface area contributed by atoms with Gasteiger partial charge in [-0.25, -0.2) is 0 Å². The molecule has 2 aromatic carbocycles. The van der Waals surface area contributed by atoms with E-state index in [1.807, 2.05) is 42.6 Å². The normalized spacial score (nSPS) is 10.8. The van der Waals surface area contributed by atoms with Crippen molar-refractivity contribution in [2.45, 2.75) is 26.4 Å². The van der Waals surface area contributed by atoms with Gasteiger partial charge >= 0.3 is 0 Å². The standard InChI is InChI=1S/C26H28Cl2N2O3S/c1-19-9-12-34-24(19)17-30(16-20-7-4-3-5-8-20)25(31)18-29(10-6-11-33-2)26(32)21-13-22(27)15-23(28)14-21/h3-5,7-9,12-15H,6,10-11,16-18H2,1-2H3. The number of carbonyl (C=O) groups is 2. The summed E-state index contributed by atoms with van der Waals surface area (Å²) >= 11 is 13.9. The number of hydrogen-bond donors (Lipinski definition) is 0. The topological polar surface area (TPSA) is 49.9 Å². The average Bonchev–Trinajstić information content (AvgIpc) is 3.22. The van der Waals surface area contributed by atoms with Crippen molar-refractivity contribution in [2.24, 2.45) is 0 Å². The molecule has 0 radical (unpaired) electrons. The van der Waals surface area contributed by atoms with Gasteiger partial charge in [0.15, 0.2) is 0 Å². The van der Waals surface area contributed by atoms with E-state index in [2.05, 4.69) is 6.07 Å². The zero-order valence-electron chi connectivity index (χ0n) is 19.3. The van der Waals surface area contributed by atoms with Gasteiger partial charge in [-0.1, -0.05) is 53.5 Å². The first-order chi connectivity index (χ1) is 16.4. The van der Waals surface area contributed by atoms with Crippen molar-refractivity contribution >= 4 is 46.4 Å². The minimum absolute atomic E-state index is 0.0517. The van der Waals surface area contributed by atoms with E-state index in [1.54, 1.807) is 46.4 Å². The third-order valence-corrected chi connectivity index (χ3v) is 6.82. The van der Waals surface area contributed by atoms with Crippen LogP contribution in [0.2, 0.25) is 10.0 Å². The highest BCUT2D eigenvalue weighted by atomic mass is 35.5. The Labute approximate surface area is 214 Å². The second-order valence-corrected chi connectivity index (χ2v) is 9.87. The fourth-order valence-electron chi connectivity index (χ4n) is 3.55. The predicted octanol–water partition coefficient (Wildman–Crippen LogP) is 6.07. The molecule has 2 amide bonds. The van der Waals surface area contributed by atoms with Crippen molar-refractivity contribution in [2.75, 3.05) is 26.8 Å². The van der Waals surface area contributed by atoms with E-state index in [0.29, 0.717) is 48.3 Å². The van der Waals surface area contributed by atoms with Crippen molar-refractivity contribution in [1.29, 1.82) is 0 Å². The molecule has 0 saturated heterocycles. The molecule has 0 bridgehead atoms. The highest BCUT2D eigenvalue weighted by Gasteiger charge is 2.24. The summed E-state index contributed by atoms with van der Waals surface area (Å²) in [6.45, 7) is 3.79. The summed E-state index contributed by atoms with van der Waals surface area (Å²) in [5.74, 6) is -0.420. The predicted molar refractivity (Wildman–Crippen MR) is 139 cm³/mol. The fraction of sp³-hybridized carbons (Fsp3) is 0.308. The molecule has 0 aliphatic heterocycles. The number of amides is 2. The van der Waals surface area contributed by atoms with Gasteiger partial charge in [0.25, 0.3) is 5.91 Å². The first kappa shape index (κ1) is 26.2. The number of nitrogens with zero attached hydrogens (tertiary/aromatic N) is 2. The lowest BCUT2D eigenvalue weighted by atomic mass is 10.1. The van der Waals surface area contributed by atoms with E-state index in [1.165, 1.54) is 0 Å². The second kappa shape index (κ2) is 12.9. The van der Waals surface area contributed by atoms with Crippen LogP contribution in [0.1, 0.15) is 32.8 Å². The van der Waals surface area contributed by atoms with E-state index >= 15 is 0 Å². The van der Waals surface area contributed by atoms with Gasteiger partial charge in [0.05, 0.1) is 6.54 Å². The number of methoxy groups -OCH3 is 1. The van der Waals surface area contributed by atoms with Crippen molar-refractivity contribution < 1.29 is 14.3 Å². The van der Waals surface area contributed by atoms with Crippen LogP contribution in [0.15, 0.2) is 60.0 Å². The Balaban J connectivity index is 1.83. The Morgan fingerprint density at radius 1 is 0.971 bits per heavy atom. The van der Waals surface area contributed by atoms with Crippen LogP contribution in [0.3, 0.4) is 0 Å². The zero-order chi connectivity index (χ0) is 24.5. The molecule has 5 nitrogen and oxygen atoms in total. The number of benzene rings is 2. The molecule has 0 N–H and O–H groups in total. The van der Waals surface area contributed by atoms with Crippen LogP contribution >= 0.6 is 34.5 Å². The van der Waals surface area contributed by atoms with Crippen molar-refractivity contribution in [1.82, 2.24) is 9.80 Å². The van der Waals surface area contributed by atoms with Crippen LogP contribution < -0.4 is 0 Å². The number of halogens is 2. The quantitative estimate of drug-likeness (QED) is 0.289. The lowest BCUT2D eigenvalue weighted by Crippen LogP contribution is -2.43. The molecule has 0 atom stereocenters. The average molecular weight is 519 g/mol. The van der Waals surface area contributed by atoms with E-state index in [-0.39, 0.29) is 18.4 Å². The smallest absolute Gasteiger partial charge is 0.254 e. The molecule has 8 heteroatoms. The van der Waals surface area contributed by atoms with Crippen molar-refractivity contribution in [3.63, 3.8) is 0 Å². The fourth-order valence-corrected chi connectivity index (χ4v) is 5.00. The summed E-state index contributed by atoms with van der Waals surface area (Å²) < 4.78 is 5.16. The molecule has 0 fully saturated rings. The summed E-state index contributed by atoms with van der Waals surface area (Å²) in [6.07, 6.45) is 0.604. The molecule has 0 unspecified atom stereocenters. The molecule has 0 aliphatic carbocycles. The highest BCUT2D eigenvalue weighted by Crippen LogP contribution is 2.22. The molecule has 3 rings (SSSR count). The number of carbonyl (C=O) groups excluding carboxylic acids is 2. The second-order valence-electron chi connectivity index (χ2n) is 7.99. The van der Waals surface area contributed by atoms with Gasteiger partial charge in [-0.3, -0.25) is 9.59 Å². The Hall–Kier alpha value is -2.38. The van der Waals surface area contributed by atoms with Gasteiger partial charge in [0, 0.05) is 47.3 Å². The Morgan fingerprint density at radius 3 is 2.29 bits per heavy atom. The molecular formula is C26H28Cl2N2O3S. The summed E-state index contributed by atoms with van der Waals surface area (Å²) in [7, 11) is 1.61. The van der Waals surface area contributed by atoms with E-state index in [4.69, 9.17) is 27.9 Å². The monoisotopic (exact) mass is 518 g/mol. The number of thiophene rings is 1. The maximum atomic E-state index is 13.6. The van der Waals surface area contributed by atoms with Crippen LogP contribution in [0, 0.1) is 6.92 Å². The third-order valence-electron chi connectivity index (χ3n) is 5.37. The van der Waals surface area contributed by atoms with Gasteiger partial charge < -0.3 is 14.5 Å². The highest BCUT2D eigenvalue weighted by molar-refractivity contribution is 7.10. The summed E-state index contributed by atoms with van der Waals surface area (Å²) in [5, 5.41) is 2.77. The third kappa shape index (κ3) is 7.57. The molecule has 0 spiro atoms. The van der Waals surface area contributed by atoms with E-state index < -0.39 is 0 Å². The lowest BCUT2D eigenvalue weighted by molar-refractivity contribution is -0.133. The minimum atomic E-state index is -0.291. The summed E-state index contributed by atoms with van der Waals surface area (Å²) in [4.78, 5) is 31.4. The summed E-state index contributed by atoms with van der Waals surface area (Å²) in [5.41, 5.74) is 2.54. The minimum Gasteiger partial charge on any atom is -0.385 e. The molecule has 0 aliphatic rings. The van der Waals surface area contributed by atoms with Gasteiger partial charge in [-0.15, -0.1) is 11.3 Å². The number of rotatable bonds is 11. The molecular weight excluding hydrogens is 491 g/mol. The maximum Gasteiger partial charge on any atom is 0.254 e. The van der Waals surface area contributed by atoms with Gasteiger partial charge in [-0.2, -0.15) is 0 Å². The largest absolute Gasteiger partial charge is 0.385 e. The zero-order valence-corrected chi connectivity index (χ0v) is 21.6. The van der Waals surface area contributed by atoms with E-state index in [0.717, 1.165) is 16.0 Å². The van der Waals surface area contributed by atoms with Gasteiger partial charge in [-0.05, 0) is 54.1 Å². The Kier molecular flexibility index (Phi) is 9.96. The first-order valence-corrected chi connectivity index (χ1v) is 12.6. The molecule has 1 aromatic heterocycles.